The van der Waals surface area contributed by atoms with Crippen LogP contribution in [0.4, 0.5) is 13.2 Å². The first-order valence-corrected chi connectivity index (χ1v) is 7.39. The van der Waals surface area contributed by atoms with Gasteiger partial charge in [-0.2, -0.15) is 0 Å². The third kappa shape index (κ3) is 4.85. The number of aromatic nitrogens is 2. The minimum absolute atomic E-state index is 0.0936. The van der Waals surface area contributed by atoms with E-state index in [4.69, 9.17) is 4.74 Å². The Kier molecular flexibility index (Phi) is 5.04. The molecule has 1 heterocycles. The Morgan fingerprint density at radius 2 is 1.81 bits per heavy atom. The lowest BCUT2D eigenvalue weighted by atomic mass is 10.3. The molecule has 0 aliphatic carbocycles. The summed E-state index contributed by atoms with van der Waals surface area (Å²) in [6.07, 6.45) is -1.60. The summed E-state index contributed by atoms with van der Waals surface area (Å²) in [6.45, 7) is 0. The standard InChI is InChI=1S/C12H7Br2F3N2O2/c13-4-7-5-18-11(19-6-7)20-8-1-2-10(9(14)3-8)21-12(15,16)17/h1-3,5-6H,4H2. The van der Waals surface area contributed by atoms with E-state index >= 15 is 0 Å². The van der Waals surface area contributed by atoms with Crippen molar-refractivity contribution in [2.24, 2.45) is 0 Å². The van der Waals surface area contributed by atoms with Crippen LogP contribution < -0.4 is 9.47 Å². The number of hydrogen-bond acceptors (Lipinski definition) is 4. The second-order valence-electron chi connectivity index (χ2n) is 3.75. The number of alkyl halides is 4. The Bertz CT molecular complexity index is 621. The van der Waals surface area contributed by atoms with E-state index < -0.39 is 6.36 Å². The zero-order chi connectivity index (χ0) is 15.5. The molecule has 0 saturated heterocycles. The van der Waals surface area contributed by atoms with Gasteiger partial charge in [0, 0.05) is 17.7 Å². The van der Waals surface area contributed by atoms with Gasteiger partial charge in [0.05, 0.1) is 4.47 Å². The van der Waals surface area contributed by atoms with Gasteiger partial charge in [0.2, 0.25) is 0 Å². The van der Waals surface area contributed by atoms with Crippen LogP contribution in [0.5, 0.6) is 17.5 Å². The second-order valence-corrected chi connectivity index (χ2v) is 5.16. The summed E-state index contributed by atoms with van der Waals surface area (Å²) in [6, 6.07) is 3.90. The Balaban J connectivity index is 2.12. The third-order valence-electron chi connectivity index (χ3n) is 2.17. The Morgan fingerprint density at radius 3 is 2.33 bits per heavy atom. The molecule has 112 valence electrons. The Labute approximate surface area is 134 Å². The molecule has 0 radical (unpaired) electrons. The first kappa shape index (κ1) is 16.0. The maximum Gasteiger partial charge on any atom is 0.573 e. The topological polar surface area (TPSA) is 44.2 Å². The van der Waals surface area contributed by atoms with Gasteiger partial charge in [0.15, 0.2) is 0 Å². The average molecular weight is 428 g/mol. The third-order valence-corrected chi connectivity index (χ3v) is 3.44. The molecule has 0 spiro atoms. The summed E-state index contributed by atoms with van der Waals surface area (Å²) in [4.78, 5) is 7.93. The quantitative estimate of drug-likeness (QED) is 0.656. The lowest BCUT2D eigenvalue weighted by molar-refractivity contribution is -0.274. The van der Waals surface area contributed by atoms with Crippen LogP contribution in [0.1, 0.15) is 5.56 Å². The molecule has 0 unspecified atom stereocenters. The molecule has 0 atom stereocenters. The summed E-state index contributed by atoms with van der Waals surface area (Å²) in [5.41, 5.74) is 0.873. The number of hydrogen-bond donors (Lipinski definition) is 0. The summed E-state index contributed by atoms with van der Waals surface area (Å²) < 4.78 is 45.7. The summed E-state index contributed by atoms with van der Waals surface area (Å²) in [5, 5.41) is 0.613. The van der Waals surface area contributed by atoms with Gasteiger partial charge in [0.25, 0.3) is 0 Å². The van der Waals surface area contributed by atoms with Gasteiger partial charge >= 0.3 is 12.4 Å². The zero-order valence-corrected chi connectivity index (χ0v) is 13.4. The fourth-order valence-corrected chi connectivity index (χ4v) is 2.05. The van der Waals surface area contributed by atoms with Crippen LogP contribution in [-0.4, -0.2) is 16.3 Å². The molecule has 0 fully saturated rings. The van der Waals surface area contributed by atoms with Crippen molar-refractivity contribution in [1.29, 1.82) is 0 Å². The summed E-state index contributed by atoms with van der Waals surface area (Å²) >= 11 is 6.24. The van der Waals surface area contributed by atoms with Gasteiger partial charge in [0.1, 0.15) is 11.5 Å². The highest BCUT2D eigenvalue weighted by Gasteiger charge is 2.32. The zero-order valence-electron chi connectivity index (χ0n) is 10.2. The number of nitrogens with zero attached hydrogens (tertiary/aromatic N) is 2. The molecule has 0 N–H and O–H groups in total. The van der Waals surface area contributed by atoms with Crippen molar-refractivity contribution in [3.63, 3.8) is 0 Å². The highest BCUT2D eigenvalue weighted by Crippen LogP contribution is 2.34. The van der Waals surface area contributed by atoms with Crippen molar-refractivity contribution in [2.45, 2.75) is 11.7 Å². The van der Waals surface area contributed by atoms with E-state index in [0.29, 0.717) is 5.33 Å². The highest BCUT2D eigenvalue weighted by molar-refractivity contribution is 9.10. The Hall–Kier alpha value is -1.35. The van der Waals surface area contributed by atoms with E-state index in [9.17, 15) is 13.2 Å². The number of benzene rings is 1. The largest absolute Gasteiger partial charge is 0.573 e. The second kappa shape index (κ2) is 6.61. The van der Waals surface area contributed by atoms with Crippen LogP contribution in [0.15, 0.2) is 35.1 Å². The monoisotopic (exact) mass is 426 g/mol. The smallest absolute Gasteiger partial charge is 0.424 e. The molecule has 0 bridgehead atoms. The van der Waals surface area contributed by atoms with Crippen LogP contribution in [-0.2, 0) is 5.33 Å². The van der Waals surface area contributed by atoms with E-state index in [1.165, 1.54) is 12.1 Å². The van der Waals surface area contributed by atoms with Gasteiger partial charge in [-0.05, 0) is 39.7 Å². The molecule has 0 saturated carbocycles. The molecular formula is C12H7Br2F3N2O2. The van der Waals surface area contributed by atoms with Crippen LogP contribution in [0, 0.1) is 0 Å². The lowest BCUT2D eigenvalue weighted by Gasteiger charge is -2.11. The van der Waals surface area contributed by atoms with Gasteiger partial charge in [-0.15, -0.1) is 13.2 Å². The lowest BCUT2D eigenvalue weighted by Crippen LogP contribution is -2.17. The van der Waals surface area contributed by atoms with Crippen molar-refractivity contribution < 1.29 is 22.6 Å². The molecule has 9 heteroatoms. The van der Waals surface area contributed by atoms with E-state index in [2.05, 4.69) is 46.6 Å². The van der Waals surface area contributed by atoms with Crippen molar-refractivity contribution in [2.75, 3.05) is 0 Å². The molecular weight excluding hydrogens is 421 g/mol. The first-order valence-electron chi connectivity index (χ1n) is 5.47. The SMILES string of the molecule is FC(F)(F)Oc1ccc(Oc2ncc(CBr)cn2)cc1Br. The average Bonchev–Trinajstić information content (AvgIpc) is 2.41. The van der Waals surface area contributed by atoms with Crippen LogP contribution >= 0.6 is 31.9 Å². The van der Waals surface area contributed by atoms with Gasteiger partial charge in [-0.3, -0.25) is 0 Å². The molecule has 4 nitrogen and oxygen atoms in total. The predicted molar refractivity (Wildman–Crippen MR) is 75.6 cm³/mol. The van der Waals surface area contributed by atoms with E-state index in [1.807, 2.05) is 0 Å². The molecule has 0 aliphatic heterocycles. The maximum absolute atomic E-state index is 12.1. The van der Waals surface area contributed by atoms with Crippen LogP contribution in [0.2, 0.25) is 0 Å². The van der Waals surface area contributed by atoms with Crippen molar-refractivity contribution >= 4 is 31.9 Å². The number of rotatable bonds is 4. The first-order chi connectivity index (χ1) is 9.87. The Morgan fingerprint density at radius 1 is 1.14 bits per heavy atom. The molecule has 0 aliphatic rings. The van der Waals surface area contributed by atoms with Gasteiger partial charge in [-0.25, -0.2) is 9.97 Å². The van der Waals surface area contributed by atoms with E-state index in [1.54, 1.807) is 12.4 Å². The van der Waals surface area contributed by atoms with Crippen molar-refractivity contribution in [1.82, 2.24) is 9.97 Å². The molecule has 1 aromatic carbocycles. The van der Waals surface area contributed by atoms with Gasteiger partial charge in [-0.1, -0.05) is 15.9 Å². The summed E-state index contributed by atoms with van der Waals surface area (Å²) in [7, 11) is 0. The molecule has 0 amide bonds. The van der Waals surface area contributed by atoms with Crippen LogP contribution in [0.25, 0.3) is 0 Å². The van der Waals surface area contributed by atoms with Crippen molar-refractivity contribution in [3.8, 4) is 17.5 Å². The summed E-state index contributed by atoms with van der Waals surface area (Å²) in [5.74, 6) is -0.0756. The molecule has 21 heavy (non-hydrogen) atoms. The normalized spacial score (nSPS) is 11.3. The molecule has 2 aromatic rings. The molecule has 2 rings (SSSR count). The number of ether oxygens (including phenoxy) is 2. The van der Waals surface area contributed by atoms with Gasteiger partial charge < -0.3 is 9.47 Å². The fourth-order valence-electron chi connectivity index (χ4n) is 1.32. The minimum atomic E-state index is -4.75. The highest BCUT2D eigenvalue weighted by atomic mass is 79.9. The minimum Gasteiger partial charge on any atom is -0.424 e. The van der Waals surface area contributed by atoms with E-state index in [0.717, 1.165) is 11.6 Å². The molecule has 1 aromatic heterocycles. The van der Waals surface area contributed by atoms with Crippen LogP contribution in [0.3, 0.4) is 0 Å². The predicted octanol–water partition coefficient (Wildman–Crippen LogP) is 4.82. The number of halogens is 5. The van der Waals surface area contributed by atoms with E-state index in [-0.39, 0.29) is 22.0 Å². The van der Waals surface area contributed by atoms with Crippen molar-refractivity contribution in [3.05, 3.63) is 40.6 Å². The fraction of sp³-hybridized carbons (Fsp3) is 0.167. The maximum atomic E-state index is 12.1.